The van der Waals surface area contributed by atoms with Crippen molar-refractivity contribution in [2.24, 2.45) is 0 Å². The second-order valence-corrected chi connectivity index (χ2v) is 6.65. The lowest BCUT2D eigenvalue weighted by Crippen LogP contribution is -2.17. The number of hydrogen-bond acceptors (Lipinski definition) is 5. The Kier molecular flexibility index (Phi) is 3.85. The largest absolute Gasteiger partial charge is 0.478 e. The zero-order valence-corrected chi connectivity index (χ0v) is 14.0. The van der Waals surface area contributed by atoms with Gasteiger partial charge in [-0.25, -0.2) is 4.79 Å². The number of amides is 2. The number of carbonyl (C=O) groups excluding carboxylic acids is 2. The zero-order valence-electron chi connectivity index (χ0n) is 13.2. The van der Waals surface area contributed by atoms with Gasteiger partial charge in [-0.15, -0.1) is 0 Å². The van der Waals surface area contributed by atoms with Gasteiger partial charge >= 0.3 is 5.97 Å². The number of hydrogen-bond donors (Lipinski definition) is 2. The summed E-state index contributed by atoms with van der Waals surface area (Å²) in [7, 11) is 0. The maximum Gasteiger partial charge on any atom is 0.335 e. The van der Waals surface area contributed by atoms with E-state index < -0.39 is 17.1 Å². The Bertz CT molecular complexity index is 1090. The number of carbonyl (C=O) groups is 3. The fraction of sp³-hybridized carbons (Fsp3) is 0. The van der Waals surface area contributed by atoms with Crippen LogP contribution in [0.15, 0.2) is 58.1 Å². The third-order valence-electron chi connectivity index (χ3n) is 3.97. The lowest BCUT2D eigenvalue weighted by atomic mass is 9.99. The Hall–Kier alpha value is -3.32. The molecule has 0 spiro atoms. The molecule has 2 N–H and O–H groups in total. The fourth-order valence-corrected chi connectivity index (χ4v) is 3.42. The van der Waals surface area contributed by atoms with Gasteiger partial charge in [-0.3, -0.25) is 14.9 Å². The Morgan fingerprint density at radius 3 is 2.50 bits per heavy atom. The fourth-order valence-electron chi connectivity index (χ4n) is 2.75. The van der Waals surface area contributed by atoms with Crippen LogP contribution >= 0.6 is 11.8 Å². The lowest BCUT2D eigenvalue weighted by Gasteiger charge is -2.06. The summed E-state index contributed by atoms with van der Waals surface area (Å²) in [6.07, 6.45) is 3.17. The van der Waals surface area contributed by atoms with E-state index in [1.807, 2.05) is 12.1 Å². The normalized spacial score (nSPS) is 15.6. The highest BCUT2D eigenvalue weighted by molar-refractivity contribution is 8.18. The quantitative estimate of drug-likeness (QED) is 0.678. The molecule has 1 fully saturated rings. The minimum absolute atomic E-state index is 0.206. The van der Waals surface area contributed by atoms with Crippen molar-refractivity contribution in [2.45, 2.75) is 0 Å². The van der Waals surface area contributed by atoms with E-state index >= 15 is 0 Å². The molecule has 3 aromatic rings. The van der Waals surface area contributed by atoms with Gasteiger partial charge in [0.15, 0.2) is 0 Å². The van der Waals surface area contributed by atoms with Crippen molar-refractivity contribution >= 4 is 45.9 Å². The summed E-state index contributed by atoms with van der Waals surface area (Å²) >= 11 is 0.841. The number of furan rings is 1. The molecule has 0 saturated carbocycles. The highest BCUT2D eigenvalue weighted by Crippen LogP contribution is 2.33. The first-order valence-corrected chi connectivity index (χ1v) is 8.43. The molecule has 4 rings (SSSR count). The van der Waals surface area contributed by atoms with Gasteiger partial charge in [-0.2, -0.15) is 0 Å². The van der Waals surface area contributed by atoms with E-state index in [1.54, 1.807) is 30.5 Å². The van der Waals surface area contributed by atoms with Crippen molar-refractivity contribution in [3.05, 3.63) is 64.8 Å². The number of carboxylic acids is 1. The SMILES string of the molecule is O=C1NC(=O)/C(=C/c2cc(-c3ccc(C(=O)O)cc3)cc3ccoc23)S1. The van der Waals surface area contributed by atoms with Crippen LogP contribution < -0.4 is 5.32 Å². The van der Waals surface area contributed by atoms with E-state index in [2.05, 4.69) is 5.32 Å². The molecule has 1 aliphatic heterocycles. The van der Waals surface area contributed by atoms with Crippen molar-refractivity contribution in [1.82, 2.24) is 5.32 Å². The van der Waals surface area contributed by atoms with Crippen molar-refractivity contribution in [3.63, 3.8) is 0 Å². The molecule has 6 nitrogen and oxygen atoms in total. The van der Waals surface area contributed by atoms with Gasteiger partial charge in [-0.05, 0) is 59.3 Å². The zero-order chi connectivity index (χ0) is 18.3. The predicted octanol–water partition coefficient (Wildman–Crippen LogP) is 4.12. The van der Waals surface area contributed by atoms with Gasteiger partial charge in [0.05, 0.1) is 16.7 Å². The van der Waals surface area contributed by atoms with Gasteiger partial charge in [0.1, 0.15) is 5.58 Å². The van der Waals surface area contributed by atoms with Crippen LogP contribution in [0.4, 0.5) is 4.79 Å². The Morgan fingerprint density at radius 2 is 1.85 bits per heavy atom. The van der Waals surface area contributed by atoms with Crippen LogP contribution in [0.5, 0.6) is 0 Å². The first kappa shape index (κ1) is 16.2. The minimum atomic E-state index is -0.985. The average Bonchev–Trinajstić information content (AvgIpc) is 3.21. The number of nitrogens with one attached hydrogen (secondary N) is 1. The topological polar surface area (TPSA) is 96.6 Å². The molecule has 2 aromatic carbocycles. The van der Waals surface area contributed by atoms with Crippen LogP contribution in [0.3, 0.4) is 0 Å². The average molecular weight is 365 g/mol. The molecule has 2 amide bonds. The number of carboxylic acid groups (broad SMARTS) is 1. The smallest absolute Gasteiger partial charge is 0.335 e. The van der Waals surface area contributed by atoms with Crippen LogP contribution in [-0.4, -0.2) is 22.2 Å². The summed E-state index contributed by atoms with van der Waals surface area (Å²) in [6, 6.07) is 12.1. The Morgan fingerprint density at radius 1 is 1.08 bits per heavy atom. The summed E-state index contributed by atoms with van der Waals surface area (Å²) in [5.74, 6) is -1.42. The van der Waals surface area contributed by atoms with Gasteiger partial charge < -0.3 is 9.52 Å². The molecule has 0 unspecified atom stereocenters. The molecule has 1 aromatic heterocycles. The molecule has 1 saturated heterocycles. The Balaban J connectivity index is 1.82. The second-order valence-electron chi connectivity index (χ2n) is 5.64. The molecular weight excluding hydrogens is 354 g/mol. The summed E-state index contributed by atoms with van der Waals surface area (Å²) in [5.41, 5.74) is 3.15. The monoisotopic (exact) mass is 365 g/mol. The van der Waals surface area contributed by atoms with Crippen molar-refractivity contribution in [1.29, 1.82) is 0 Å². The van der Waals surface area contributed by atoms with Gasteiger partial charge in [0, 0.05) is 10.9 Å². The maximum absolute atomic E-state index is 11.8. The van der Waals surface area contributed by atoms with Crippen LogP contribution in [0.2, 0.25) is 0 Å². The number of rotatable bonds is 3. The highest BCUT2D eigenvalue weighted by Gasteiger charge is 2.25. The van der Waals surface area contributed by atoms with Gasteiger partial charge in [0.2, 0.25) is 0 Å². The van der Waals surface area contributed by atoms with Crippen LogP contribution in [-0.2, 0) is 4.79 Å². The molecule has 7 heteroatoms. The van der Waals surface area contributed by atoms with Gasteiger partial charge in [-0.1, -0.05) is 12.1 Å². The third-order valence-corrected chi connectivity index (χ3v) is 4.78. The summed E-state index contributed by atoms with van der Waals surface area (Å²) < 4.78 is 5.51. The molecule has 128 valence electrons. The third kappa shape index (κ3) is 2.89. The van der Waals surface area contributed by atoms with Crippen molar-refractivity contribution in [3.8, 4) is 11.1 Å². The van der Waals surface area contributed by atoms with Crippen LogP contribution in [0, 0.1) is 0 Å². The standard InChI is InChI=1S/C19H11NO5S/c21-17-15(26-19(24)20-17)9-14-8-13(7-12-5-6-25-16(12)14)10-1-3-11(4-2-10)18(22)23/h1-9H,(H,22,23)(H,20,21,24)/b15-9-. The van der Waals surface area contributed by atoms with E-state index in [0.717, 1.165) is 28.3 Å². The van der Waals surface area contributed by atoms with E-state index in [-0.39, 0.29) is 5.56 Å². The first-order chi connectivity index (χ1) is 12.5. The molecule has 0 radical (unpaired) electrons. The first-order valence-electron chi connectivity index (χ1n) is 7.61. The number of imide groups is 1. The molecule has 2 heterocycles. The Labute approximate surface area is 151 Å². The number of fused-ring (bicyclic) bond motifs is 1. The number of aromatic carboxylic acids is 1. The second kappa shape index (κ2) is 6.20. The summed E-state index contributed by atoms with van der Waals surface area (Å²) in [6.45, 7) is 0. The van der Waals surface area contributed by atoms with E-state index in [1.165, 1.54) is 12.1 Å². The van der Waals surface area contributed by atoms with E-state index in [4.69, 9.17) is 9.52 Å². The van der Waals surface area contributed by atoms with Gasteiger partial charge in [0.25, 0.3) is 11.1 Å². The maximum atomic E-state index is 11.8. The summed E-state index contributed by atoms with van der Waals surface area (Å²) in [5, 5.41) is 11.7. The van der Waals surface area contributed by atoms with Crippen LogP contribution in [0.25, 0.3) is 28.2 Å². The predicted molar refractivity (Wildman–Crippen MR) is 97.7 cm³/mol. The number of benzene rings is 2. The molecule has 0 aliphatic carbocycles. The highest BCUT2D eigenvalue weighted by atomic mass is 32.2. The van der Waals surface area contributed by atoms with E-state index in [0.29, 0.717) is 16.1 Å². The minimum Gasteiger partial charge on any atom is -0.478 e. The van der Waals surface area contributed by atoms with Crippen molar-refractivity contribution in [2.75, 3.05) is 0 Å². The van der Waals surface area contributed by atoms with Crippen molar-refractivity contribution < 1.29 is 23.9 Å². The summed E-state index contributed by atoms with van der Waals surface area (Å²) in [4.78, 5) is 34.5. The molecule has 26 heavy (non-hydrogen) atoms. The molecule has 0 bridgehead atoms. The molecule has 0 atom stereocenters. The lowest BCUT2D eigenvalue weighted by molar-refractivity contribution is -0.115. The number of thioether (sulfide) groups is 1. The van der Waals surface area contributed by atoms with E-state index in [9.17, 15) is 14.4 Å². The van der Waals surface area contributed by atoms with Crippen LogP contribution in [0.1, 0.15) is 15.9 Å². The molecule has 1 aliphatic rings. The molecular formula is C19H11NO5S.